The van der Waals surface area contributed by atoms with E-state index in [-0.39, 0.29) is 11.7 Å². The first-order valence-corrected chi connectivity index (χ1v) is 18.2. The van der Waals surface area contributed by atoms with Crippen LogP contribution in [0.1, 0.15) is 18.6 Å². The Labute approximate surface area is 302 Å². The molecule has 9 aromatic rings. The van der Waals surface area contributed by atoms with Crippen LogP contribution in [0.3, 0.4) is 0 Å². The Kier molecular flexibility index (Phi) is 8.27. The summed E-state index contributed by atoms with van der Waals surface area (Å²) in [6.07, 6.45) is 14.0. The highest BCUT2D eigenvalue weighted by Gasteiger charge is 2.29. The van der Waals surface area contributed by atoms with Gasteiger partial charge in [-0.3, -0.25) is 19.3 Å². The number of aromatic nitrogens is 11. The van der Waals surface area contributed by atoms with E-state index in [1.165, 1.54) is 41.8 Å². The first-order chi connectivity index (χ1) is 25.3. The van der Waals surface area contributed by atoms with Crippen LogP contribution in [0.2, 0.25) is 0 Å². The van der Waals surface area contributed by atoms with Crippen LogP contribution < -0.4 is 15.4 Å². The molecule has 52 heavy (non-hydrogen) atoms. The van der Waals surface area contributed by atoms with Crippen LogP contribution in [-0.2, 0) is 4.79 Å². The van der Waals surface area contributed by atoms with Gasteiger partial charge in [0.2, 0.25) is 17.5 Å². The summed E-state index contributed by atoms with van der Waals surface area (Å²) in [4.78, 5) is 67.5. The van der Waals surface area contributed by atoms with Gasteiger partial charge in [0, 0.05) is 61.2 Å². The number of thioether (sulfide) groups is 2. The lowest BCUT2D eigenvalue weighted by Crippen LogP contribution is -2.41. The van der Waals surface area contributed by atoms with Gasteiger partial charge in [0.15, 0.2) is 10.3 Å². The lowest BCUT2D eigenvalue weighted by atomic mass is 10.1. The monoisotopic (exact) mass is 727 g/mol. The number of nitrogens with one attached hydrogen (secondary N) is 1. The third-order valence-electron chi connectivity index (χ3n) is 8.32. The zero-order valence-electron chi connectivity index (χ0n) is 28.0. The minimum atomic E-state index is -0.447. The van der Waals surface area contributed by atoms with Crippen LogP contribution in [0.4, 0.5) is 5.95 Å². The number of rotatable bonds is 5. The first-order valence-electron chi connectivity index (χ1n) is 15.8. The van der Waals surface area contributed by atoms with Crippen molar-refractivity contribution in [2.24, 2.45) is 0 Å². The standard InChI is InChI=1S/C18H13N6O2S.C17H14N6OS/c1-10(25)23-17-20-8-6-13-14(12-5-7-19-16(21-12)27-2)11-4-3-9-22(18(23)26)15(11)24(13)17;1-10(24)21-16-19-9-6-13-14(12-5-8-20-17(22-12)25-2)11-4-3-7-18-15(11)23(13)16/h3-9H,1-2H3;3-9H,1-2H3,(H,19,21,24)/q+1;. The van der Waals surface area contributed by atoms with Gasteiger partial charge in [-0.15, -0.1) is 9.55 Å². The maximum absolute atomic E-state index is 12.9. The molecule has 0 bridgehead atoms. The number of fused-ring (bicyclic) bond motifs is 3. The average molecular weight is 728 g/mol. The Morgan fingerprint density at radius 2 is 1.42 bits per heavy atom. The number of carbonyl (C=O) groups excluding carboxylic acids is 2. The van der Waals surface area contributed by atoms with Crippen LogP contribution in [0.25, 0.3) is 61.4 Å². The molecule has 1 amide bonds. The van der Waals surface area contributed by atoms with Gasteiger partial charge in [-0.05, 0) is 55.0 Å². The zero-order chi connectivity index (χ0) is 36.1. The summed E-state index contributed by atoms with van der Waals surface area (Å²) in [5.41, 5.74) is 6.00. The van der Waals surface area contributed by atoms with Crippen LogP contribution in [0, 0.1) is 0 Å². The fourth-order valence-corrected chi connectivity index (χ4v) is 7.06. The molecule has 1 N–H and O–H groups in total. The highest BCUT2D eigenvalue weighted by molar-refractivity contribution is 7.98. The number of pyridine rings is 2. The molecule has 0 aromatic carbocycles. The van der Waals surface area contributed by atoms with Gasteiger partial charge in [-0.25, -0.2) is 34.7 Å². The van der Waals surface area contributed by atoms with Crippen molar-refractivity contribution in [3.8, 4) is 22.5 Å². The minimum absolute atomic E-state index is 0.189. The molecule has 0 unspecified atom stereocenters. The highest BCUT2D eigenvalue weighted by Crippen LogP contribution is 2.35. The summed E-state index contributed by atoms with van der Waals surface area (Å²) in [6.45, 7) is 2.80. The number of carbonyl (C=O) groups is 2. The average Bonchev–Trinajstić information content (AvgIpc) is 3.69. The van der Waals surface area contributed by atoms with Gasteiger partial charge in [0.25, 0.3) is 5.91 Å². The Morgan fingerprint density at radius 3 is 2.12 bits per heavy atom. The zero-order valence-corrected chi connectivity index (χ0v) is 29.7. The summed E-state index contributed by atoms with van der Waals surface area (Å²) >= 11 is 2.95. The molecule has 9 aromatic heterocycles. The third kappa shape index (κ3) is 5.28. The Hall–Kier alpha value is -6.33. The molecule has 9 heterocycles. The maximum atomic E-state index is 12.9. The van der Waals surface area contributed by atoms with Gasteiger partial charge in [-0.2, -0.15) is 8.80 Å². The number of nitrogens with zero attached hydrogens (tertiary/aromatic N) is 11. The number of hydrogen-bond acceptors (Lipinski definition) is 12. The maximum Gasteiger partial charge on any atom is 0.430 e. The van der Waals surface area contributed by atoms with Gasteiger partial charge >= 0.3 is 11.5 Å². The molecule has 0 saturated heterocycles. The van der Waals surface area contributed by atoms with E-state index in [2.05, 4.69) is 40.2 Å². The normalized spacial score (nSPS) is 11.5. The Morgan fingerprint density at radius 1 is 0.750 bits per heavy atom. The predicted molar refractivity (Wildman–Crippen MR) is 198 cm³/mol. The van der Waals surface area contributed by atoms with Crippen molar-refractivity contribution < 1.29 is 14.0 Å². The lowest BCUT2D eigenvalue weighted by Gasteiger charge is -2.06. The smallest absolute Gasteiger partial charge is 0.296 e. The highest BCUT2D eigenvalue weighted by atomic mass is 32.2. The second kappa shape index (κ2) is 13.1. The molecule has 17 heteroatoms. The van der Waals surface area contributed by atoms with Crippen molar-refractivity contribution in [3.05, 3.63) is 96.2 Å². The molecule has 0 fully saturated rings. The van der Waals surface area contributed by atoms with Gasteiger partial charge in [0.1, 0.15) is 11.2 Å². The van der Waals surface area contributed by atoms with Crippen LogP contribution in [0.15, 0.2) is 101 Å². The van der Waals surface area contributed by atoms with Crippen LogP contribution in [-0.4, -0.2) is 72.6 Å². The molecular formula is C35H27N12O3S2+. The molecule has 9 rings (SSSR count). The molecular weight excluding hydrogens is 701 g/mol. The van der Waals surface area contributed by atoms with Crippen molar-refractivity contribution in [1.29, 1.82) is 0 Å². The van der Waals surface area contributed by atoms with Crippen LogP contribution in [0.5, 0.6) is 0 Å². The summed E-state index contributed by atoms with van der Waals surface area (Å²) in [5.74, 6) is 0.133. The van der Waals surface area contributed by atoms with E-state index in [1.54, 1.807) is 43.2 Å². The van der Waals surface area contributed by atoms with Crippen molar-refractivity contribution in [2.45, 2.75) is 24.2 Å². The molecule has 0 spiro atoms. The predicted octanol–water partition coefficient (Wildman–Crippen LogP) is 4.68. The number of amides is 1. The summed E-state index contributed by atoms with van der Waals surface area (Å²) < 4.78 is 6.22. The number of anilines is 1. The summed E-state index contributed by atoms with van der Waals surface area (Å²) in [5, 5.41) is 5.92. The minimum Gasteiger partial charge on any atom is -0.296 e. The lowest BCUT2D eigenvalue weighted by molar-refractivity contribution is -0.460. The fraction of sp³-hybridized carbons (Fsp3) is 0.114. The topological polar surface area (TPSA) is 171 Å². The molecule has 0 aliphatic rings. The number of hydrogen-bond donors (Lipinski definition) is 1. The largest absolute Gasteiger partial charge is 0.430 e. The summed E-state index contributed by atoms with van der Waals surface area (Å²) in [7, 11) is 0. The Balaban J connectivity index is 0.000000149. The van der Waals surface area contributed by atoms with Crippen LogP contribution >= 0.6 is 23.5 Å². The van der Waals surface area contributed by atoms with Crippen molar-refractivity contribution in [2.75, 3.05) is 17.8 Å². The van der Waals surface area contributed by atoms with Crippen molar-refractivity contribution in [3.63, 3.8) is 0 Å². The van der Waals surface area contributed by atoms with E-state index in [0.717, 1.165) is 48.9 Å². The second-order valence-electron chi connectivity index (χ2n) is 11.4. The van der Waals surface area contributed by atoms with E-state index in [0.29, 0.717) is 27.6 Å². The van der Waals surface area contributed by atoms with E-state index < -0.39 is 11.6 Å². The van der Waals surface area contributed by atoms with Gasteiger partial charge in [-0.1, -0.05) is 23.5 Å². The molecule has 0 radical (unpaired) electrons. The summed E-state index contributed by atoms with van der Waals surface area (Å²) in [6, 6.07) is 15.1. The molecule has 15 nitrogen and oxygen atoms in total. The Bertz CT molecular complexity index is 2920. The quantitative estimate of drug-likeness (QED) is 0.113. The fourth-order valence-electron chi connectivity index (χ4n) is 6.34. The molecule has 0 aliphatic heterocycles. The molecule has 256 valence electrons. The van der Waals surface area contributed by atoms with Crippen molar-refractivity contribution in [1.82, 2.24) is 48.3 Å². The van der Waals surface area contributed by atoms with E-state index in [1.807, 2.05) is 63.8 Å². The van der Waals surface area contributed by atoms with E-state index in [9.17, 15) is 14.4 Å². The van der Waals surface area contributed by atoms with E-state index in [4.69, 9.17) is 0 Å². The molecule has 0 saturated carbocycles. The third-order valence-corrected chi connectivity index (χ3v) is 9.44. The first kappa shape index (κ1) is 32.9. The van der Waals surface area contributed by atoms with Crippen molar-refractivity contribution >= 4 is 80.2 Å². The second-order valence-corrected chi connectivity index (χ2v) is 12.9. The molecule has 0 atom stereocenters. The van der Waals surface area contributed by atoms with Gasteiger partial charge in [0.05, 0.1) is 34.7 Å². The molecule has 0 aliphatic carbocycles. The SMILES string of the molecule is CSc1nccc(-c2c3cccn4c(=O)n(C(C)=O)c5nccc2[n+]5c34)n1.CSc1nccc(-c2c3cccnc3n3c(NC(C)=O)nccc23)n1. The van der Waals surface area contributed by atoms with E-state index >= 15 is 0 Å². The van der Waals surface area contributed by atoms with Gasteiger partial charge < -0.3 is 0 Å².